The Morgan fingerprint density at radius 2 is 2.09 bits per heavy atom. The van der Waals surface area contributed by atoms with E-state index in [4.69, 9.17) is 9.29 Å². The van der Waals surface area contributed by atoms with Gasteiger partial charge in [-0.15, -0.1) is 5.10 Å². The lowest BCUT2D eigenvalue weighted by Crippen LogP contribution is -2.48. The number of aromatic nitrogens is 4. The zero-order valence-electron chi connectivity index (χ0n) is 18.0. The Morgan fingerprint density at radius 3 is 2.72 bits per heavy atom. The van der Waals surface area contributed by atoms with Crippen LogP contribution in [0.3, 0.4) is 0 Å². The fourth-order valence-corrected chi connectivity index (χ4v) is 4.17. The number of rotatable bonds is 8. The molecule has 0 radical (unpaired) electrons. The summed E-state index contributed by atoms with van der Waals surface area (Å²) in [5.74, 6) is -4.80. The molecule has 13 heteroatoms. The van der Waals surface area contributed by atoms with Crippen LogP contribution in [0.15, 0.2) is 12.1 Å². The van der Waals surface area contributed by atoms with Gasteiger partial charge in [-0.1, -0.05) is 12.1 Å². The first-order valence-electron chi connectivity index (χ1n) is 9.96. The van der Waals surface area contributed by atoms with Crippen LogP contribution in [0.1, 0.15) is 31.2 Å². The quantitative estimate of drug-likeness (QED) is 0.571. The van der Waals surface area contributed by atoms with E-state index in [1.165, 1.54) is 9.58 Å². The molecule has 2 aromatic heterocycles. The summed E-state index contributed by atoms with van der Waals surface area (Å²) in [5.41, 5.74) is 2.16. The van der Waals surface area contributed by atoms with Crippen LogP contribution >= 0.6 is 0 Å². The molecule has 0 spiro atoms. The van der Waals surface area contributed by atoms with Crippen molar-refractivity contribution in [1.82, 2.24) is 20.0 Å². The van der Waals surface area contributed by atoms with Crippen LogP contribution in [0.2, 0.25) is 0 Å². The van der Waals surface area contributed by atoms with Gasteiger partial charge in [0.15, 0.2) is 0 Å². The smallest absolute Gasteiger partial charge is 0.303 e. The van der Waals surface area contributed by atoms with Gasteiger partial charge in [-0.2, -0.15) is 8.42 Å². The third kappa shape index (κ3) is 5.76. The molecular weight excluding hydrogens is 448 g/mol. The number of carbonyl (C=O) groups is 1. The number of hydrogen-bond donors (Lipinski definition) is 1. The molecule has 32 heavy (non-hydrogen) atoms. The van der Waals surface area contributed by atoms with Gasteiger partial charge in [-0.05, 0) is 24.5 Å². The highest BCUT2D eigenvalue weighted by molar-refractivity contribution is 7.85. The van der Waals surface area contributed by atoms with Crippen LogP contribution in [0, 0.1) is 5.92 Å². The maximum atomic E-state index is 14.3. The number of nitrogens with zero attached hydrogens (tertiary/aromatic N) is 5. The number of hydrogen-bond acceptors (Lipinski definition) is 8. The van der Waals surface area contributed by atoms with Crippen molar-refractivity contribution in [2.24, 2.45) is 13.0 Å². The van der Waals surface area contributed by atoms with Gasteiger partial charge in [-0.3, -0.25) is 8.98 Å². The van der Waals surface area contributed by atoms with Gasteiger partial charge < -0.3 is 10.0 Å². The lowest BCUT2D eigenvalue weighted by molar-refractivity contribution is -0.139. The van der Waals surface area contributed by atoms with E-state index in [2.05, 4.69) is 15.3 Å². The molecule has 176 valence electrons. The summed E-state index contributed by atoms with van der Waals surface area (Å²) in [6.45, 7) is 1.22. The molecule has 1 atom stereocenters. The summed E-state index contributed by atoms with van der Waals surface area (Å²) in [5, 5.41) is 17.0. The van der Waals surface area contributed by atoms with Gasteiger partial charge in [0.2, 0.25) is 0 Å². The fourth-order valence-electron chi connectivity index (χ4n) is 3.85. The molecule has 0 bridgehead atoms. The first-order valence-corrected chi connectivity index (χ1v) is 11.8. The van der Waals surface area contributed by atoms with Crippen molar-refractivity contribution in [3.05, 3.63) is 23.5 Å². The SMILES string of the molecule is CCc1nc(-c2nnn(C)c2COS(C)(=O)=O)ccc1N1CC(CC(=O)O)CC(F)(F)C1. The maximum Gasteiger partial charge on any atom is 0.303 e. The Bertz CT molecular complexity index is 1110. The monoisotopic (exact) mass is 473 g/mol. The van der Waals surface area contributed by atoms with Gasteiger partial charge in [0.1, 0.15) is 12.3 Å². The summed E-state index contributed by atoms with van der Waals surface area (Å²) >= 11 is 0. The van der Waals surface area contributed by atoms with Crippen molar-refractivity contribution in [3.8, 4) is 11.4 Å². The molecule has 2 aromatic rings. The highest BCUT2D eigenvalue weighted by atomic mass is 32.2. The van der Waals surface area contributed by atoms with E-state index < -0.39 is 40.9 Å². The third-order valence-corrected chi connectivity index (χ3v) is 5.72. The molecule has 0 aromatic carbocycles. The molecule has 3 heterocycles. The van der Waals surface area contributed by atoms with E-state index in [9.17, 15) is 22.0 Å². The molecule has 1 fully saturated rings. The number of piperidine rings is 1. The van der Waals surface area contributed by atoms with Crippen LogP contribution in [0.5, 0.6) is 0 Å². The highest BCUT2D eigenvalue weighted by Gasteiger charge is 2.41. The van der Waals surface area contributed by atoms with Crippen molar-refractivity contribution in [3.63, 3.8) is 0 Å². The van der Waals surface area contributed by atoms with Gasteiger partial charge in [0.25, 0.3) is 16.0 Å². The van der Waals surface area contributed by atoms with Gasteiger partial charge >= 0.3 is 5.97 Å². The molecule has 1 saturated heterocycles. The minimum atomic E-state index is -3.68. The molecule has 1 aliphatic heterocycles. The van der Waals surface area contributed by atoms with E-state index in [1.807, 2.05) is 6.92 Å². The topological polar surface area (TPSA) is 128 Å². The predicted octanol–water partition coefficient (Wildman–Crippen LogP) is 1.85. The van der Waals surface area contributed by atoms with Crippen molar-refractivity contribution < 1.29 is 31.3 Å². The fraction of sp³-hybridized carbons (Fsp3) is 0.579. The number of alkyl halides is 2. The van der Waals surface area contributed by atoms with Gasteiger partial charge in [0.05, 0.1) is 42.0 Å². The Kier molecular flexibility index (Phi) is 6.79. The van der Waals surface area contributed by atoms with Crippen LogP contribution < -0.4 is 4.90 Å². The number of carboxylic acids is 1. The van der Waals surface area contributed by atoms with E-state index in [-0.39, 0.29) is 19.6 Å². The molecule has 0 saturated carbocycles. The summed E-state index contributed by atoms with van der Waals surface area (Å²) < 4.78 is 57.6. The lowest BCUT2D eigenvalue weighted by Gasteiger charge is -2.39. The maximum absolute atomic E-state index is 14.3. The Balaban J connectivity index is 1.93. The Labute approximate surface area is 184 Å². The van der Waals surface area contributed by atoms with E-state index in [0.717, 1.165) is 6.26 Å². The van der Waals surface area contributed by atoms with E-state index in [1.54, 1.807) is 19.2 Å². The zero-order chi connectivity index (χ0) is 23.7. The Hall–Kier alpha value is -2.67. The van der Waals surface area contributed by atoms with Crippen LogP contribution in [0.4, 0.5) is 14.5 Å². The first kappa shape index (κ1) is 24.0. The average molecular weight is 474 g/mol. The average Bonchev–Trinajstić information content (AvgIpc) is 3.04. The largest absolute Gasteiger partial charge is 0.481 e. The molecule has 0 amide bonds. The second-order valence-electron chi connectivity index (χ2n) is 7.90. The molecule has 1 aliphatic rings. The summed E-state index contributed by atoms with van der Waals surface area (Å²) in [4.78, 5) is 17.1. The standard InChI is InChI=1S/C19H25F2N5O5S/c1-4-13-15(26-9-12(7-17(27)28)8-19(20,21)11-26)6-5-14(22-13)18-16(25(2)24-23-18)10-31-32(3,29)30/h5-6,12H,4,7-11H2,1-3H3,(H,27,28). The second-order valence-corrected chi connectivity index (χ2v) is 9.54. The molecular formula is C19H25F2N5O5S. The summed E-state index contributed by atoms with van der Waals surface area (Å²) in [6, 6.07) is 3.25. The summed E-state index contributed by atoms with van der Waals surface area (Å²) in [6.07, 6.45) is 0.573. The van der Waals surface area contributed by atoms with Crippen LogP contribution in [0.25, 0.3) is 11.4 Å². The number of aliphatic carboxylic acids is 1. The minimum Gasteiger partial charge on any atom is -0.481 e. The van der Waals surface area contributed by atoms with E-state index in [0.29, 0.717) is 34.9 Å². The van der Waals surface area contributed by atoms with Crippen molar-refractivity contribution in [2.75, 3.05) is 24.2 Å². The van der Waals surface area contributed by atoms with Crippen LogP contribution in [-0.4, -0.2) is 64.7 Å². The van der Waals surface area contributed by atoms with Crippen molar-refractivity contribution in [2.45, 2.75) is 38.7 Å². The third-order valence-electron chi connectivity index (χ3n) is 5.17. The highest BCUT2D eigenvalue weighted by Crippen LogP contribution is 2.36. The number of pyridine rings is 1. The first-order chi connectivity index (χ1) is 14.9. The number of anilines is 1. The molecule has 1 N–H and O–H groups in total. The Morgan fingerprint density at radius 1 is 1.38 bits per heavy atom. The number of aryl methyl sites for hydroxylation is 2. The zero-order valence-corrected chi connectivity index (χ0v) is 18.8. The van der Waals surface area contributed by atoms with E-state index >= 15 is 0 Å². The van der Waals surface area contributed by atoms with Crippen molar-refractivity contribution >= 4 is 21.8 Å². The molecule has 0 aliphatic carbocycles. The number of halogens is 2. The van der Waals surface area contributed by atoms with Gasteiger partial charge in [0, 0.05) is 20.0 Å². The molecule has 3 rings (SSSR count). The lowest BCUT2D eigenvalue weighted by atomic mass is 9.91. The normalized spacial score (nSPS) is 18.7. The van der Waals surface area contributed by atoms with Crippen LogP contribution in [-0.2, 0) is 39.2 Å². The summed E-state index contributed by atoms with van der Waals surface area (Å²) in [7, 11) is -2.10. The second kappa shape index (κ2) is 9.06. The van der Waals surface area contributed by atoms with Crippen molar-refractivity contribution in [1.29, 1.82) is 0 Å². The number of carboxylic acid groups (broad SMARTS) is 1. The van der Waals surface area contributed by atoms with Gasteiger partial charge in [-0.25, -0.2) is 18.4 Å². The predicted molar refractivity (Wildman–Crippen MR) is 111 cm³/mol. The minimum absolute atomic E-state index is 0.189. The molecule has 1 unspecified atom stereocenters. The molecule has 10 nitrogen and oxygen atoms in total.